The van der Waals surface area contributed by atoms with Gasteiger partial charge in [0.1, 0.15) is 0 Å². The zero-order chi connectivity index (χ0) is 4.50. The Hall–Kier alpha value is 1.13. The summed E-state index contributed by atoms with van der Waals surface area (Å²) in [6, 6.07) is 0. The second-order valence-electron chi connectivity index (χ2n) is 0.513. The van der Waals surface area contributed by atoms with Gasteiger partial charge in [-0.25, -0.2) is 0 Å². The molecule has 0 atom stereocenters. The SMILES string of the molecule is C.OP(O)(O)=S.[LiH]. The van der Waals surface area contributed by atoms with Crippen molar-refractivity contribution in [2.75, 3.05) is 0 Å². The van der Waals surface area contributed by atoms with E-state index in [-0.39, 0.29) is 26.3 Å². The van der Waals surface area contributed by atoms with Gasteiger partial charge in [0, 0.05) is 0 Å². The van der Waals surface area contributed by atoms with Crippen LogP contribution in [-0.2, 0) is 11.8 Å². The molecule has 3 nitrogen and oxygen atoms in total. The monoisotopic (exact) mass is 138 g/mol. The van der Waals surface area contributed by atoms with E-state index >= 15 is 0 Å². The van der Waals surface area contributed by atoms with E-state index in [4.69, 9.17) is 14.7 Å². The first-order chi connectivity index (χ1) is 2.00. The first-order valence-corrected chi connectivity index (χ1v) is 3.44. The zero-order valence-electron chi connectivity index (χ0n) is 2.20. The van der Waals surface area contributed by atoms with Crippen molar-refractivity contribution in [3.63, 3.8) is 0 Å². The van der Waals surface area contributed by atoms with Crippen LogP contribution in [0.3, 0.4) is 0 Å². The molecule has 6 heteroatoms. The van der Waals surface area contributed by atoms with Crippen molar-refractivity contribution in [3.8, 4) is 0 Å². The normalized spacial score (nSPS) is 8.43. The molecule has 7 heavy (non-hydrogen) atoms. The van der Waals surface area contributed by atoms with Crippen molar-refractivity contribution in [2.24, 2.45) is 0 Å². The van der Waals surface area contributed by atoms with Gasteiger partial charge in [-0.3, -0.25) is 0 Å². The van der Waals surface area contributed by atoms with Gasteiger partial charge in [-0.05, 0) is 11.8 Å². The van der Waals surface area contributed by atoms with E-state index in [1.165, 1.54) is 0 Å². The molecule has 0 saturated carbocycles. The minimum atomic E-state index is -3.81. The van der Waals surface area contributed by atoms with Crippen LogP contribution in [0.5, 0.6) is 0 Å². The Morgan fingerprint density at radius 3 is 1.14 bits per heavy atom. The molecule has 42 valence electrons. The minimum absolute atomic E-state index is 0. The Kier molecular flexibility index (Phi) is 11.8. The second-order valence-corrected chi connectivity index (χ2v) is 3.01. The van der Waals surface area contributed by atoms with Crippen molar-refractivity contribution >= 4 is 37.4 Å². The van der Waals surface area contributed by atoms with Crippen LogP contribution < -0.4 is 0 Å². The third-order valence-corrected chi connectivity index (χ3v) is 0. The molecular weight excluding hydrogens is 130 g/mol. The van der Waals surface area contributed by atoms with E-state index in [2.05, 4.69) is 11.8 Å². The molecule has 0 spiro atoms. The van der Waals surface area contributed by atoms with Crippen LogP contribution in [0.15, 0.2) is 0 Å². The molecule has 0 bridgehead atoms. The van der Waals surface area contributed by atoms with E-state index in [9.17, 15) is 0 Å². The average Bonchev–Trinajstić information content (AvgIpc) is 0.722. The molecule has 0 amide bonds. The molecule has 0 aliphatic heterocycles. The van der Waals surface area contributed by atoms with Crippen LogP contribution in [0.4, 0.5) is 0 Å². The van der Waals surface area contributed by atoms with Gasteiger partial charge in [0.2, 0.25) is 0 Å². The van der Waals surface area contributed by atoms with Gasteiger partial charge in [-0.1, -0.05) is 7.43 Å². The summed E-state index contributed by atoms with van der Waals surface area (Å²) in [5.74, 6) is 0. The predicted molar refractivity (Wildman–Crippen MR) is 34.8 cm³/mol. The predicted octanol–water partition coefficient (Wildman–Crippen LogP) is -0.825. The fourth-order valence-electron chi connectivity index (χ4n) is 0. The summed E-state index contributed by atoms with van der Waals surface area (Å²) in [6.45, 7) is -3.81. The fraction of sp³-hybridized carbons (Fsp3) is 1.00. The Labute approximate surface area is 59.8 Å². The molecule has 0 unspecified atom stereocenters. The van der Waals surface area contributed by atoms with E-state index in [0.717, 1.165) is 0 Å². The summed E-state index contributed by atoms with van der Waals surface area (Å²) in [5.41, 5.74) is 0. The second kappa shape index (κ2) is 5.27. The molecule has 0 aromatic heterocycles. The van der Waals surface area contributed by atoms with Crippen LogP contribution >= 0.6 is 6.72 Å². The Morgan fingerprint density at radius 1 is 1.14 bits per heavy atom. The summed E-state index contributed by atoms with van der Waals surface area (Å²) >= 11 is 3.60. The van der Waals surface area contributed by atoms with Crippen LogP contribution in [0.25, 0.3) is 0 Å². The van der Waals surface area contributed by atoms with Gasteiger partial charge >= 0.3 is 25.6 Å². The van der Waals surface area contributed by atoms with Crippen LogP contribution in [0, 0.1) is 0 Å². The first-order valence-electron chi connectivity index (χ1n) is 0.783. The van der Waals surface area contributed by atoms with Gasteiger partial charge in [0.05, 0.1) is 0 Å². The topological polar surface area (TPSA) is 60.7 Å². The maximum atomic E-state index is 7.56. The Balaban J connectivity index is -0.0000000800. The first kappa shape index (κ1) is 15.7. The number of hydrogen-bond acceptors (Lipinski definition) is 1. The van der Waals surface area contributed by atoms with Crippen LogP contribution in [0.2, 0.25) is 0 Å². The molecular formula is CH8LiO3PS. The quantitative estimate of drug-likeness (QED) is 0.302. The van der Waals surface area contributed by atoms with Gasteiger partial charge < -0.3 is 14.7 Å². The van der Waals surface area contributed by atoms with Gasteiger partial charge in [-0.2, -0.15) is 0 Å². The summed E-state index contributed by atoms with van der Waals surface area (Å²) in [5, 5.41) is 0. The molecule has 0 rings (SSSR count). The summed E-state index contributed by atoms with van der Waals surface area (Å²) in [4.78, 5) is 22.7. The molecule has 0 fully saturated rings. The molecule has 0 aliphatic rings. The summed E-state index contributed by atoms with van der Waals surface area (Å²) < 4.78 is 0. The number of rotatable bonds is 0. The standard InChI is InChI=1S/CH4.Li.H3O3PS.H/c;;1-4(2,3)5;/h1H4;;(H3,1,2,3,5);. The third kappa shape index (κ3) is 147. The molecule has 0 aromatic carbocycles. The average molecular weight is 138 g/mol. The van der Waals surface area contributed by atoms with E-state index < -0.39 is 6.72 Å². The van der Waals surface area contributed by atoms with Gasteiger partial charge in [-0.15, -0.1) is 0 Å². The van der Waals surface area contributed by atoms with Crippen molar-refractivity contribution in [3.05, 3.63) is 0 Å². The molecule has 0 aliphatic carbocycles. The maximum absolute atomic E-state index is 7.56. The van der Waals surface area contributed by atoms with Crippen LogP contribution in [0.1, 0.15) is 7.43 Å². The third-order valence-electron chi connectivity index (χ3n) is 0. The molecule has 0 radical (unpaired) electrons. The Morgan fingerprint density at radius 2 is 1.14 bits per heavy atom. The summed E-state index contributed by atoms with van der Waals surface area (Å²) in [6.07, 6.45) is 0. The van der Waals surface area contributed by atoms with Crippen molar-refractivity contribution in [1.82, 2.24) is 0 Å². The molecule has 0 heterocycles. The van der Waals surface area contributed by atoms with Crippen LogP contribution in [-0.4, -0.2) is 33.5 Å². The molecule has 0 aromatic rings. The Bertz CT molecular complexity index is 61.1. The van der Waals surface area contributed by atoms with Crippen molar-refractivity contribution < 1.29 is 14.7 Å². The van der Waals surface area contributed by atoms with Gasteiger partial charge in [0.25, 0.3) is 0 Å². The molecule has 0 saturated heterocycles. The number of hydrogen-bond donors (Lipinski definition) is 3. The zero-order valence-corrected chi connectivity index (χ0v) is 3.91. The van der Waals surface area contributed by atoms with E-state index in [1.54, 1.807) is 0 Å². The van der Waals surface area contributed by atoms with Crippen molar-refractivity contribution in [2.45, 2.75) is 7.43 Å². The molecule has 3 N–H and O–H groups in total. The van der Waals surface area contributed by atoms with Crippen molar-refractivity contribution in [1.29, 1.82) is 0 Å². The van der Waals surface area contributed by atoms with E-state index in [1.807, 2.05) is 0 Å². The van der Waals surface area contributed by atoms with E-state index in [0.29, 0.717) is 0 Å². The summed E-state index contributed by atoms with van der Waals surface area (Å²) in [7, 11) is 0. The van der Waals surface area contributed by atoms with Gasteiger partial charge in [0.15, 0.2) is 0 Å². The fourth-order valence-corrected chi connectivity index (χ4v) is 0.